The molecular weight excluding hydrogens is 310 g/mol. The fourth-order valence-electron chi connectivity index (χ4n) is 1.99. The van der Waals surface area contributed by atoms with Crippen molar-refractivity contribution >= 4 is 39.3 Å². The van der Waals surface area contributed by atoms with Crippen LogP contribution in [0.4, 0.5) is 0 Å². The van der Waals surface area contributed by atoms with E-state index in [0.29, 0.717) is 4.77 Å². The minimum absolute atomic E-state index is 0.657. The molecule has 1 N–H and O–H groups in total. The predicted octanol–water partition coefficient (Wildman–Crippen LogP) is 4.15. The highest BCUT2D eigenvalue weighted by Crippen LogP contribution is 2.23. The van der Waals surface area contributed by atoms with Gasteiger partial charge in [0, 0.05) is 10.7 Å². The average molecular weight is 320 g/mol. The second kappa shape index (κ2) is 4.33. The Morgan fingerprint density at radius 3 is 3.00 bits per heavy atom. The molecule has 3 aromatic rings. The molecule has 0 amide bonds. The number of pyridine rings is 1. The number of aromatic amines is 1. The Morgan fingerprint density at radius 2 is 2.17 bits per heavy atom. The lowest BCUT2D eigenvalue weighted by Crippen LogP contribution is -1.98. The lowest BCUT2D eigenvalue weighted by molar-refractivity contribution is 1.03. The third-order valence-corrected chi connectivity index (χ3v) is 3.63. The van der Waals surface area contributed by atoms with E-state index in [4.69, 9.17) is 12.2 Å². The number of H-pyrrole nitrogens is 1. The van der Waals surface area contributed by atoms with Crippen molar-refractivity contribution in [3.63, 3.8) is 0 Å². The van der Waals surface area contributed by atoms with E-state index in [2.05, 4.69) is 38.9 Å². The van der Waals surface area contributed by atoms with Crippen LogP contribution in [0.2, 0.25) is 0 Å². The highest BCUT2D eigenvalue weighted by Gasteiger charge is 2.09. The van der Waals surface area contributed by atoms with Crippen molar-refractivity contribution in [2.45, 2.75) is 6.92 Å². The van der Waals surface area contributed by atoms with Gasteiger partial charge >= 0.3 is 0 Å². The summed E-state index contributed by atoms with van der Waals surface area (Å²) in [6.07, 6.45) is 1.77. The Morgan fingerprint density at radius 1 is 1.33 bits per heavy atom. The zero-order chi connectivity index (χ0) is 12.7. The largest absolute Gasteiger partial charge is 0.329 e. The maximum absolute atomic E-state index is 5.39. The number of benzene rings is 1. The molecule has 0 aliphatic carbocycles. The molecule has 5 heteroatoms. The molecule has 0 fully saturated rings. The van der Waals surface area contributed by atoms with Gasteiger partial charge in [0.1, 0.15) is 0 Å². The quantitative estimate of drug-likeness (QED) is 0.683. The molecule has 0 saturated carbocycles. The number of aryl methyl sites for hydroxylation is 1. The standard InChI is InChI=1S/C13H10BrN3S/c1-8-4-5-9(14)7-11(8)17-12-10(16-13(17)18)3-2-6-15-12/h2-7H,1H3,(H,16,18). The maximum Gasteiger partial charge on any atom is 0.184 e. The van der Waals surface area contributed by atoms with Crippen molar-refractivity contribution in [1.82, 2.24) is 14.5 Å². The molecule has 18 heavy (non-hydrogen) atoms. The molecule has 0 saturated heterocycles. The van der Waals surface area contributed by atoms with Gasteiger partial charge in [-0.2, -0.15) is 0 Å². The number of halogens is 1. The Bertz CT molecular complexity index is 788. The van der Waals surface area contributed by atoms with Crippen LogP contribution >= 0.6 is 28.1 Å². The van der Waals surface area contributed by atoms with E-state index in [1.807, 2.05) is 28.8 Å². The first-order chi connectivity index (χ1) is 8.66. The van der Waals surface area contributed by atoms with E-state index < -0.39 is 0 Å². The number of nitrogens with zero attached hydrogens (tertiary/aromatic N) is 2. The molecule has 0 aliphatic rings. The fourth-order valence-corrected chi connectivity index (χ4v) is 2.63. The average Bonchev–Trinajstić information content (AvgIpc) is 2.68. The van der Waals surface area contributed by atoms with Crippen LogP contribution in [0.1, 0.15) is 5.56 Å². The molecule has 0 radical (unpaired) electrons. The van der Waals surface area contributed by atoms with Gasteiger partial charge in [-0.15, -0.1) is 0 Å². The molecule has 0 aliphatic heterocycles. The zero-order valence-electron chi connectivity index (χ0n) is 9.64. The summed E-state index contributed by atoms with van der Waals surface area (Å²) in [5, 5.41) is 0. The molecule has 3 rings (SSSR count). The minimum Gasteiger partial charge on any atom is -0.329 e. The normalized spacial score (nSPS) is 11.0. The molecule has 2 heterocycles. The van der Waals surface area contributed by atoms with Crippen LogP contribution in [-0.2, 0) is 0 Å². The summed E-state index contributed by atoms with van der Waals surface area (Å²) in [6.45, 7) is 2.06. The zero-order valence-corrected chi connectivity index (χ0v) is 12.0. The summed E-state index contributed by atoms with van der Waals surface area (Å²) in [5.74, 6) is 0. The van der Waals surface area contributed by atoms with Gasteiger partial charge in [-0.1, -0.05) is 22.0 Å². The number of hydrogen-bond donors (Lipinski definition) is 1. The second-order valence-electron chi connectivity index (χ2n) is 4.07. The molecule has 0 unspecified atom stereocenters. The number of nitrogens with one attached hydrogen (secondary N) is 1. The van der Waals surface area contributed by atoms with Gasteiger partial charge in [0.15, 0.2) is 10.4 Å². The summed E-state index contributed by atoms with van der Waals surface area (Å²) in [4.78, 5) is 7.57. The molecule has 1 aromatic carbocycles. The SMILES string of the molecule is Cc1ccc(Br)cc1-n1c(=S)[nH]c2cccnc21. The van der Waals surface area contributed by atoms with Crippen molar-refractivity contribution in [2.75, 3.05) is 0 Å². The maximum atomic E-state index is 5.39. The fraction of sp³-hybridized carbons (Fsp3) is 0.0769. The number of imidazole rings is 1. The minimum atomic E-state index is 0.657. The van der Waals surface area contributed by atoms with Gasteiger partial charge in [0.05, 0.1) is 11.2 Å². The highest BCUT2D eigenvalue weighted by atomic mass is 79.9. The van der Waals surface area contributed by atoms with Crippen molar-refractivity contribution in [1.29, 1.82) is 0 Å². The van der Waals surface area contributed by atoms with Gasteiger partial charge in [-0.3, -0.25) is 4.57 Å². The van der Waals surface area contributed by atoms with Gasteiger partial charge < -0.3 is 4.98 Å². The van der Waals surface area contributed by atoms with Gasteiger partial charge in [0.25, 0.3) is 0 Å². The molecular formula is C13H10BrN3S. The van der Waals surface area contributed by atoms with Crippen LogP contribution in [0.15, 0.2) is 41.0 Å². The van der Waals surface area contributed by atoms with E-state index in [1.165, 1.54) is 0 Å². The first kappa shape index (κ1) is 11.6. The van der Waals surface area contributed by atoms with Crippen LogP contribution in [0.3, 0.4) is 0 Å². The molecule has 0 spiro atoms. The Balaban J connectivity index is 2.41. The number of rotatable bonds is 1. The van der Waals surface area contributed by atoms with Crippen LogP contribution < -0.4 is 0 Å². The Labute approximate surface area is 118 Å². The Hall–Kier alpha value is -1.46. The first-order valence-electron chi connectivity index (χ1n) is 5.49. The monoisotopic (exact) mass is 319 g/mol. The van der Waals surface area contributed by atoms with E-state index in [9.17, 15) is 0 Å². The smallest absolute Gasteiger partial charge is 0.184 e. The van der Waals surface area contributed by atoms with Gasteiger partial charge in [-0.05, 0) is 49.0 Å². The summed E-state index contributed by atoms with van der Waals surface area (Å²) >= 11 is 8.88. The Kier molecular flexibility index (Phi) is 2.80. The highest BCUT2D eigenvalue weighted by molar-refractivity contribution is 9.10. The van der Waals surface area contributed by atoms with E-state index in [1.54, 1.807) is 6.20 Å². The van der Waals surface area contributed by atoms with Gasteiger partial charge in [0.2, 0.25) is 0 Å². The number of hydrogen-bond acceptors (Lipinski definition) is 2. The van der Waals surface area contributed by atoms with E-state index in [0.717, 1.165) is 26.9 Å². The van der Waals surface area contributed by atoms with Crippen LogP contribution in [0.25, 0.3) is 16.9 Å². The lowest BCUT2D eigenvalue weighted by atomic mass is 10.2. The second-order valence-corrected chi connectivity index (χ2v) is 5.37. The van der Waals surface area contributed by atoms with Gasteiger partial charge in [-0.25, -0.2) is 4.98 Å². The predicted molar refractivity (Wildman–Crippen MR) is 78.7 cm³/mol. The lowest BCUT2D eigenvalue weighted by Gasteiger charge is -2.08. The summed E-state index contributed by atoms with van der Waals surface area (Å²) < 4.78 is 3.64. The molecule has 90 valence electrons. The third-order valence-electron chi connectivity index (χ3n) is 2.86. The first-order valence-corrected chi connectivity index (χ1v) is 6.69. The van der Waals surface area contributed by atoms with E-state index in [-0.39, 0.29) is 0 Å². The molecule has 0 atom stereocenters. The molecule has 2 aromatic heterocycles. The number of aromatic nitrogens is 3. The summed E-state index contributed by atoms with van der Waals surface area (Å²) in [6, 6.07) is 9.99. The third kappa shape index (κ3) is 1.79. The van der Waals surface area contributed by atoms with Crippen LogP contribution in [0, 0.1) is 11.7 Å². The van der Waals surface area contributed by atoms with Crippen LogP contribution in [-0.4, -0.2) is 14.5 Å². The molecule has 0 bridgehead atoms. The number of fused-ring (bicyclic) bond motifs is 1. The van der Waals surface area contributed by atoms with Crippen molar-refractivity contribution in [3.8, 4) is 5.69 Å². The summed E-state index contributed by atoms with van der Waals surface area (Å²) in [7, 11) is 0. The topological polar surface area (TPSA) is 33.6 Å². The van der Waals surface area contributed by atoms with Crippen molar-refractivity contribution in [3.05, 3.63) is 51.3 Å². The van der Waals surface area contributed by atoms with Crippen molar-refractivity contribution in [2.24, 2.45) is 0 Å². The van der Waals surface area contributed by atoms with E-state index >= 15 is 0 Å². The molecule has 3 nitrogen and oxygen atoms in total. The van der Waals surface area contributed by atoms with Crippen molar-refractivity contribution < 1.29 is 0 Å². The van der Waals surface area contributed by atoms with Crippen LogP contribution in [0.5, 0.6) is 0 Å². The summed E-state index contributed by atoms with van der Waals surface area (Å²) in [5.41, 5.74) is 3.99.